The molecule has 18 heavy (non-hydrogen) atoms. The van der Waals surface area contributed by atoms with Gasteiger partial charge in [0, 0.05) is 24.9 Å². The van der Waals surface area contributed by atoms with Crippen LogP contribution in [0.25, 0.3) is 0 Å². The summed E-state index contributed by atoms with van der Waals surface area (Å²) in [6.07, 6.45) is 1.95. The van der Waals surface area contributed by atoms with Gasteiger partial charge in [0.2, 0.25) is 0 Å². The van der Waals surface area contributed by atoms with Crippen LogP contribution in [0.3, 0.4) is 0 Å². The minimum absolute atomic E-state index is 0.128. The van der Waals surface area contributed by atoms with Gasteiger partial charge in [-0.2, -0.15) is 0 Å². The first-order chi connectivity index (χ1) is 8.57. The highest BCUT2D eigenvalue weighted by atomic mass is 16.7. The van der Waals surface area contributed by atoms with Crippen molar-refractivity contribution in [3.05, 3.63) is 30.1 Å². The van der Waals surface area contributed by atoms with Crippen LogP contribution in [-0.2, 0) is 20.7 Å². The van der Waals surface area contributed by atoms with Crippen molar-refractivity contribution in [2.75, 3.05) is 13.2 Å². The maximum Gasteiger partial charge on any atom is 0.251 e. The fourth-order valence-electron chi connectivity index (χ4n) is 1.79. The van der Waals surface area contributed by atoms with Crippen molar-refractivity contribution < 1.29 is 14.3 Å². The smallest absolute Gasteiger partial charge is 0.251 e. The van der Waals surface area contributed by atoms with Gasteiger partial charge in [0.05, 0.1) is 6.61 Å². The molecule has 1 aliphatic heterocycles. The molecule has 0 bridgehead atoms. The van der Waals surface area contributed by atoms with E-state index in [1.54, 1.807) is 20.0 Å². The molecular weight excluding hydrogens is 232 g/mol. The summed E-state index contributed by atoms with van der Waals surface area (Å²) < 4.78 is 10.8. The quantitative estimate of drug-likeness (QED) is 0.862. The van der Waals surface area contributed by atoms with Crippen molar-refractivity contribution >= 4 is 5.91 Å². The molecule has 0 saturated carbocycles. The lowest BCUT2D eigenvalue weighted by atomic mass is 10.2. The molecule has 1 atom stereocenters. The van der Waals surface area contributed by atoms with Crippen LogP contribution in [0.4, 0.5) is 0 Å². The minimum atomic E-state index is -0.664. The van der Waals surface area contributed by atoms with E-state index >= 15 is 0 Å². The normalized spacial score (nSPS) is 21.8. The summed E-state index contributed by atoms with van der Waals surface area (Å²) in [5.41, 5.74) is 0.960. The van der Waals surface area contributed by atoms with Crippen molar-refractivity contribution in [3.8, 4) is 0 Å². The average Bonchev–Trinajstić information content (AvgIpc) is 2.71. The highest BCUT2D eigenvalue weighted by Crippen LogP contribution is 2.22. The Balaban J connectivity index is 1.73. The summed E-state index contributed by atoms with van der Waals surface area (Å²) in [4.78, 5) is 16.0. The van der Waals surface area contributed by atoms with Crippen molar-refractivity contribution in [2.45, 2.75) is 32.2 Å². The molecule has 1 aromatic rings. The maximum absolute atomic E-state index is 11.8. The van der Waals surface area contributed by atoms with Gasteiger partial charge in [0.15, 0.2) is 11.9 Å². The van der Waals surface area contributed by atoms with Gasteiger partial charge in [-0.05, 0) is 26.0 Å². The second kappa shape index (κ2) is 5.46. The zero-order valence-corrected chi connectivity index (χ0v) is 10.7. The van der Waals surface area contributed by atoms with Crippen LogP contribution in [0.5, 0.6) is 0 Å². The second-order valence-electron chi connectivity index (χ2n) is 4.68. The Kier molecular flexibility index (Phi) is 3.93. The van der Waals surface area contributed by atoms with E-state index in [9.17, 15) is 4.79 Å². The number of rotatable bonds is 4. The Morgan fingerprint density at radius 2 is 2.39 bits per heavy atom. The van der Waals surface area contributed by atoms with Gasteiger partial charge in [-0.15, -0.1) is 0 Å². The number of amides is 1. The molecule has 1 saturated heterocycles. The minimum Gasteiger partial charge on any atom is -0.353 e. The van der Waals surface area contributed by atoms with Crippen LogP contribution < -0.4 is 5.32 Å². The Bertz CT molecular complexity index is 406. The third kappa shape index (κ3) is 3.51. The number of nitrogens with zero attached hydrogens (tertiary/aromatic N) is 1. The molecule has 1 aromatic heterocycles. The van der Waals surface area contributed by atoms with Crippen LogP contribution in [0.15, 0.2) is 24.4 Å². The number of hydrogen-bond donors (Lipinski definition) is 1. The van der Waals surface area contributed by atoms with E-state index in [2.05, 4.69) is 10.3 Å². The topological polar surface area (TPSA) is 60.5 Å². The number of pyridine rings is 1. The number of carbonyl (C=O) groups excluding carboxylic acids is 1. The van der Waals surface area contributed by atoms with E-state index < -0.39 is 11.9 Å². The van der Waals surface area contributed by atoms with Gasteiger partial charge in [0.1, 0.15) is 0 Å². The summed E-state index contributed by atoms with van der Waals surface area (Å²) >= 11 is 0. The van der Waals surface area contributed by atoms with Gasteiger partial charge in [-0.25, -0.2) is 0 Å². The monoisotopic (exact) mass is 250 g/mol. The summed E-state index contributed by atoms with van der Waals surface area (Å²) in [5.74, 6) is -0.792. The second-order valence-corrected chi connectivity index (χ2v) is 4.68. The van der Waals surface area contributed by atoms with E-state index in [4.69, 9.17) is 9.47 Å². The van der Waals surface area contributed by atoms with E-state index in [1.165, 1.54) is 0 Å². The molecule has 0 unspecified atom stereocenters. The van der Waals surface area contributed by atoms with Gasteiger partial charge in [-0.3, -0.25) is 9.78 Å². The average molecular weight is 250 g/mol. The Morgan fingerprint density at radius 3 is 3.00 bits per heavy atom. The van der Waals surface area contributed by atoms with Gasteiger partial charge in [0.25, 0.3) is 5.91 Å². The predicted octanol–water partition coefficient (Wildman–Crippen LogP) is 0.892. The first-order valence-electron chi connectivity index (χ1n) is 6.06. The van der Waals surface area contributed by atoms with Crippen LogP contribution in [-0.4, -0.2) is 35.9 Å². The Morgan fingerprint density at radius 1 is 1.56 bits per heavy atom. The van der Waals surface area contributed by atoms with E-state index in [0.717, 1.165) is 5.69 Å². The van der Waals surface area contributed by atoms with Crippen LogP contribution in [0.2, 0.25) is 0 Å². The first-order valence-corrected chi connectivity index (χ1v) is 6.06. The lowest BCUT2D eigenvalue weighted by molar-refractivity contribution is -0.153. The third-order valence-electron chi connectivity index (χ3n) is 2.71. The number of carbonyl (C=O) groups is 1. The Labute approximate surface area is 107 Å². The molecule has 0 spiro atoms. The van der Waals surface area contributed by atoms with Crippen molar-refractivity contribution in [2.24, 2.45) is 0 Å². The molecule has 0 radical (unpaired) electrons. The van der Waals surface area contributed by atoms with Crippen molar-refractivity contribution in [3.63, 3.8) is 0 Å². The van der Waals surface area contributed by atoms with E-state index in [-0.39, 0.29) is 5.91 Å². The van der Waals surface area contributed by atoms with E-state index in [0.29, 0.717) is 19.6 Å². The number of nitrogens with one attached hydrogen (secondary N) is 1. The predicted molar refractivity (Wildman–Crippen MR) is 65.9 cm³/mol. The Hall–Kier alpha value is -1.46. The molecule has 2 heterocycles. The molecular formula is C13H18N2O3. The molecule has 0 aromatic carbocycles. The molecule has 1 fully saturated rings. The SMILES string of the molecule is CC1(C)OC[C@H](C(=O)NCCc2ccccn2)O1. The summed E-state index contributed by atoms with van der Waals surface area (Å²) in [5, 5.41) is 2.83. The molecule has 98 valence electrons. The lowest BCUT2D eigenvalue weighted by Crippen LogP contribution is -2.38. The summed E-state index contributed by atoms with van der Waals surface area (Å²) in [6, 6.07) is 5.74. The molecule has 2 rings (SSSR count). The van der Waals surface area contributed by atoms with Crippen molar-refractivity contribution in [1.82, 2.24) is 10.3 Å². The van der Waals surface area contributed by atoms with Crippen LogP contribution in [0, 0.1) is 0 Å². The molecule has 1 aliphatic rings. The van der Waals surface area contributed by atoms with Gasteiger partial charge in [-0.1, -0.05) is 6.07 Å². The third-order valence-corrected chi connectivity index (χ3v) is 2.71. The first kappa shape index (κ1) is 13.0. The molecule has 0 aliphatic carbocycles. The van der Waals surface area contributed by atoms with E-state index in [1.807, 2.05) is 18.2 Å². The largest absolute Gasteiger partial charge is 0.353 e. The molecule has 1 amide bonds. The zero-order valence-electron chi connectivity index (χ0n) is 10.7. The van der Waals surface area contributed by atoms with Crippen LogP contribution >= 0.6 is 0 Å². The maximum atomic E-state index is 11.8. The van der Waals surface area contributed by atoms with Gasteiger partial charge < -0.3 is 14.8 Å². The summed E-state index contributed by atoms with van der Waals surface area (Å²) in [6.45, 7) is 4.46. The van der Waals surface area contributed by atoms with Crippen molar-refractivity contribution in [1.29, 1.82) is 0 Å². The number of ether oxygens (including phenoxy) is 2. The molecule has 5 nitrogen and oxygen atoms in total. The zero-order chi connectivity index (χ0) is 13.0. The number of hydrogen-bond acceptors (Lipinski definition) is 4. The fourth-order valence-corrected chi connectivity index (χ4v) is 1.79. The van der Waals surface area contributed by atoms with Crippen LogP contribution in [0.1, 0.15) is 19.5 Å². The lowest BCUT2D eigenvalue weighted by Gasteiger charge is -2.16. The highest BCUT2D eigenvalue weighted by Gasteiger charge is 2.36. The standard InChI is InChI=1S/C13H18N2O3/c1-13(2)17-9-11(18-13)12(16)15-8-6-10-5-3-4-7-14-10/h3-5,7,11H,6,8-9H2,1-2H3,(H,15,16)/t11-/m1/s1. The summed E-state index contributed by atoms with van der Waals surface area (Å²) in [7, 11) is 0. The fraction of sp³-hybridized carbons (Fsp3) is 0.538. The highest BCUT2D eigenvalue weighted by molar-refractivity contribution is 5.81. The van der Waals surface area contributed by atoms with Gasteiger partial charge >= 0.3 is 0 Å². The number of aromatic nitrogens is 1. The molecule has 1 N–H and O–H groups in total. The molecule has 5 heteroatoms.